The highest BCUT2D eigenvalue weighted by Gasteiger charge is 2.28. The van der Waals surface area contributed by atoms with Crippen LogP contribution in [0.1, 0.15) is 54.1 Å². The molecule has 0 spiro atoms. The van der Waals surface area contributed by atoms with E-state index in [2.05, 4.69) is 19.9 Å². The van der Waals surface area contributed by atoms with Gasteiger partial charge in [-0.15, -0.1) is 0 Å². The topological polar surface area (TPSA) is 70.6 Å². The van der Waals surface area contributed by atoms with E-state index >= 15 is 0 Å². The van der Waals surface area contributed by atoms with Gasteiger partial charge < -0.3 is 0 Å². The Morgan fingerprint density at radius 2 is 1.67 bits per heavy atom. The maximum Gasteiger partial charge on any atom is 0.260 e. The van der Waals surface area contributed by atoms with Crippen molar-refractivity contribution in [3.05, 3.63) is 89.5 Å². The number of hydrogen-bond donors (Lipinski definition) is 0. The lowest BCUT2D eigenvalue weighted by molar-refractivity contribution is 0.0985. The van der Waals surface area contributed by atoms with Gasteiger partial charge >= 0.3 is 0 Å². The third-order valence-electron chi connectivity index (χ3n) is 6.52. The number of benzene rings is 3. The zero-order valence-corrected chi connectivity index (χ0v) is 22.1. The van der Waals surface area contributed by atoms with Crippen LogP contribution in [-0.2, 0) is 16.6 Å². The van der Waals surface area contributed by atoms with E-state index in [1.54, 1.807) is 17.0 Å². The highest BCUT2D eigenvalue weighted by Crippen LogP contribution is 2.35. The molecule has 6 nitrogen and oxygen atoms in total. The van der Waals surface area contributed by atoms with Gasteiger partial charge in [0.05, 0.1) is 21.7 Å². The van der Waals surface area contributed by atoms with Crippen LogP contribution in [-0.4, -0.2) is 36.7 Å². The van der Waals surface area contributed by atoms with Gasteiger partial charge in [-0.3, -0.25) is 9.69 Å². The second-order valence-corrected chi connectivity index (χ2v) is 12.3. The number of thiazole rings is 1. The average Bonchev–Trinajstić information content (AvgIpc) is 3.58. The number of aromatic nitrogens is 1. The van der Waals surface area contributed by atoms with Crippen molar-refractivity contribution < 1.29 is 13.2 Å². The Hall–Kier alpha value is -3.07. The molecule has 0 N–H and O–H groups in total. The quantitative estimate of drug-likeness (QED) is 0.298. The summed E-state index contributed by atoms with van der Waals surface area (Å²) in [4.78, 5) is 20.6. The number of sulfonamides is 1. The number of anilines is 1. The van der Waals surface area contributed by atoms with Gasteiger partial charge in [-0.05, 0) is 60.2 Å². The van der Waals surface area contributed by atoms with Crippen molar-refractivity contribution in [2.24, 2.45) is 0 Å². The van der Waals surface area contributed by atoms with Gasteiger partial charge in [0.1, 0.15) is 0 Å². The van der Waals surface area contributed by atoms with E-state index in [-0.39, 0.29) is 10.8 Å². The lowest BCUT2D eigenvalue weighted by Crippen LogP contribution is -2.30. The Kier molecular flexibility index (Phi) is 6.92. The van der Waals surface area contributed by atoms with E-state index in [4.69, 9.17) is 4.98 Å². The van der Waals surface area contributed by atoms with Gasteiger partial charge in [0.15, 0.2) is 5.13 Å². The number of nitrogens with zero attached hydrogens (tertiary/aromatic N) is 3. The molecule has 5 rings (SSSR count). The van der Waals surface area contributed by atoms with E-state index in [0.29, 0.717) is 36.2 Å². The summed E-state index contributed by atoms with van der Waals surface area (Å²) in [5.41, 5.74) is 3.49. The minimum absolute atomic E-state index is 0.214. The molecule has 1 amide bonds. The lowest BCUT2D eigenvalue weighted by atomic mass is 10.0. The molecular formula is C28H29N3O3S2. The van der Waals surface area contributed by atoms with Crippen LogP contribution in [0.3, 0.4) is 0 Å². The van der Waals surface area contributed by atoms with E-state index < -0.39 is 10.0 Å². The molecule has 0 aliphatic carbocycles. The predicted octanol–water partition coefficient (Wildman–Crippen LogP) is 6.05. The number of hydrogen-bond acceptors (Lipinski definition) is 5. The van der Waals surface area contributed by atoms with Crippen LogP contribution in [0.15, 0.2) is 77.7 Å². The van der Waals surface area contributed by atoms with E-state index in [9.17, 15) is 13.2 Å². The van der Waals surface area contributed by atoms with Crippen LogP contribution in [0.4, 0.5) is 5.13 Å². The Labute approximate surface area is 216 Å². The second kappa shape index (κ2) is 10.1. The Balaban J connectivity index is 1.51. The van der Waals surface area contributed by atoms with Crippen molar-refractivity contribution in [2.75, 3.05) is 18.0 Å². The monoisotopic (exact) mass is 519 g/mol. The van der Waals surface area contributed by atoms with Gasteiger partial charge in [-0.2, -0.15) is 4.31 Å². The molecular weight excluding hydrogens is 490 g/mol. The predicted molar refractivity (Wildman–Crippen MR) is 145 cm³/mol. The van der Waals surface area contributed by atoms with Crippen LogP contribution in [0, 0.1) is 0 Å². The standard InChI is InChI=1S/C28H29N3O3S2/c1-20(2)24-11-8-12-25-26(24)29-28(35-25)31(19-21-9-4-3-5-10-21)27(32)22-13-15-23(16-14-22)36(33,34)30-17-6-7-18-30/h3-5,8-16,20H,6-7,17-19H2,1-2H3. The largest absolute Gasteiger partial charge is 0.279 e. The molecule has 4 aromatic rings. The molecule has 2 heterocycles. The van der Waals surface area contributed by atoms with Gasteiger partial charge in [-0.1, -0.05) is 67.6 Å². The number of rotatable bonds is 7. The fraction of sp³-hybridized carbons (Fsp3) is 0.286. The van der Waals surface area contributed by atoms with E-state index in [1.807, 2.05) is 42.5 Å². The van der Waals surface area contributed by atoms with Gasteiger partial charge in [0.25, 0.3) is 5.91 Å². The zero-order valence-electron chi connectivity index (χ0n) is 20.4. The third-order valence-corrected chi connectivity index (χ3v) is 9.48. The summed E-state index contributed by atoms with van der Waals surface area (Å²) in [5.74, 6) is 0.0983. The third kappa shape index (κ3) is 4.81. The summed E-state index contributed by atoms with van der Waals surface area (Å²) in [7, 11) is -3.53. The van der Waals surface area contributed by atoms with E-state index in [1.165, 1.54) is 27.8 Å². The van der Waals surface area contributed by atoms with Crippen LogP contribution in [0.25, 0.3) is 10.2 Å². The summed E-state index contributed by atoms with van der Waals surface area (Å²) in [6.45, 7) is 5.73. The van der Waals surface area contributed by atoms with Gasteiger partial charge in [-0.25, -0.2) is 13.4 Å². The minimum atomic E-state index is -3.53. The summed E-state index contributed by atoms with van der Waals surface area (Å²) < 4.78 is 28.4. The molecule has 1 saturated heterocycles. The molecule has 36 heavy (non-hydrogen) atoms. The van der Waals surface area contributed by atoms with E-state index in [0.717, 1.165) is 34.2 Å². The maximum atomic E-state index is 13.8. The van der Waals surface area contributed by atoms with Crippen LogP contribution < -0.4 is 4.90 Å². The van der Waals surface area contributed by atoms with Crippen molar-refractivity contribution in [3.63, 3.8) is 0 Å². The fourth-order valence-electron chi connectivity index (χ4n) is 4.53. The molecule has 0 saturated carbocycles. The van der Waals surface area contributed by atoms with Crippen LogP contribution in [0.5, 0.6) is 0 Å². The summed E-state index contributed by atoms with van der Waals surface area (Å²) in [6.07, 6.45) is 1.76. The summed E-state index contributed by atoms with van der Waals surface area (Å²) in [6, 6.07) is 22.3. The average molecular weight is 520 g/mol. The van der Waals surface area contributed by atoms with Crippen molar-refractivity contribution in [1.29, 1.82) is 0 Å². The maximum absolute atomic E-state index is 13.8. The first kappa shape index (κ1) is 24.6. The highest BCUT2D eigenvalue weighted by molar-refractivity contribution is 7.89. The normalized spacial score (nSPS) is 14.5. The first-order valence-electron chi connectivity index (χ1n) is 12.2. The van der Waals surface area contributed by atoms with Crippen molar-refractivity contribution >= 4 is 42.6 Å². The number of amides is 1. The lowest BCUT2D eigenvalue weighted by Gasteiger charge is -2.21. The smallest absolute Gasteiger partial charge is 0.260 e. The summed E-state index contributed by atoms with van der Waals surface area (Å²) >= 11 is 1.49. The number of para-hydroxylation sites is 1. The summed E-state index contributed by atoms with van der Waals surface area (Å²) in [5, 5.41) is 0.626. The Bertz CT molecular complexity index is 1470. The van der Waals surface area contributed by atoms with Crippen molar-refractivity contribution in [3.8, 4) is 0 Å². The molecule has 1 aliphatic rings. The van der Waals surface area contributed by atoms with Crippen LogP contribution >= 0.6 is 11.3 Å². The Morgan fingerprint density at radius 1 is 0.972 bits per heavy atom. The molecule has 8 heteroatoms. The highest BCUT2D eigenvalue weighted by atomic mass is 32.2. The first-order chi connectivity index (χ1) is 17.3. The molecule has 3 aromatic carbocycles. The molecule has 0 bridgehead atoms. The first-order valence-corrected chi connectivity index (χ1v) is 14.5. The number of fused-ring (bicyclic) bond motifs is 1. The number of carbonyl (C=O) groups is 1. The SMILES string of the molecule is CC(C)c1cccc2sc(N(Cc3ccccc3)C(=O)c3ccc(S(=O)(=O)N4CCCC4)cc3)nc12. The molecule has 1 aliphatic heterocycles. The number of carbonyl (C=O) groups excluding carboxylic acids is 1. The second-order valence-electron chi connectivity index (χ2n) is 9.36. The molecule has 186 valence electrons. The van der Waals surface area contributed by atoms with Crippen molar-refractivity contribution in [1.82, 2.24) is 9.29 Å². The molecule has 1 aromatic heterocycles. The molecule has 0 unspecified atom stereocenters. The molecule has 0 radical (unpaired) electrons. The minimum Gasteiger partial charge on any atom is -0.279 e. The zero-order chi connectivity index (χ0) is 25.3. The molecule has 1 fully saturated rings. The van der Waals surface area contributed by atoms with Gasteiger partial charge in [0.2, 0.25) is 10.0 Å². The Morgan fingerprint density at radius 3 is 2.33 bits per heavy atom. The fourth-order valence-corrected chi connectivity index (χ4v) is 7.05. The van der Waals surface area contributed by atoms with Gasteiger partial charge in [0, 0.05) is 18.7 Å². The van der Waals surface area contributed by atoms with Crippen LogP contribution in [0.2, 0.25) is 0 Å². The van der Waals surface area contributed by atoms with Crippen molar-refractivity contribution in [2.45, 2.75) is 44.0 Å². The molecule has 0 atom stereocenters.